The molecular weight excluding hydrogens is 242 g/mol. The smallest absolute Gasteiger partial charge is 0.270 e. The van der Waals surface area contributed by atoms with Crippen LogP contribution in [0.1, 0.15) is 12.5 Å². The van der Waals surface area contributed by atoms with Gasteiger partial charge in [-0.25, -0.2) is 5.43 Å². The monoisotopic (exact) mass is 257 g/mol. The zero-order chi connectivity index (χ0) is 14.0. The molecule has 0 aliphatic carbocycles. The van der Waals surface area contributed by atoms with Gasteiger partial charge < -0.3 is 0 Å². The second-order valence-electron chi connectivity index (χ2n) is 4.19. The molecule has 2 rings (SSSR count). The molecule has 5 nitrogen and oxygen atoms in total. The number of hydrogen-bond acceptors (Lipinski definition) is 4. The van der Waals surface area contributed by atoms with Crippen molar-refractivity contribution in [3.63, 3.8) is 0 Å². The maximum absolute atomic E-state index is 11.0. The summed E-state index contributed by atoms with van der Waals surface area (Å²) in [6.45, 7) is 5.65. The zero-order valence-corrected chi connectivity index (χ0v) is 10.9. The van der Waals surface area contributed by atoms with E-state index in [2.05, 4.69) is 12.0 Å². The van der Waals surface area contributed by atoms with Crippen LogP contribution >= 0.6 is 0 Å². The Hall–Kier alpha value is -2.40. The van der Waals surface area contributed by atoms with E-state index in [-0.39, 0.29) is 5.70 Å². The summed E-state index contributed by atoms with van der Waals surface area (Å²) in [5.74, 6) is 0. The molecule has 1 aromatic carbocycles. The molecule has 0 bridgehead atoms. The first-order chi connectivity index (χ1) is 9.06. The molecule has 98 valence electrons. The molecule has 1 aliphatic heterocycles. The van der Waals surface area contributed by atoms with Gasteiger partial charge in [0.05, 0.1) is 10.6 Å². The van der Waals surface area contributed by atoms with E-state index in [0.717, 1.165) is 16.8 Å². The molecule has 1 heterocycles. The topological polar surface area (TPSA) is 58.4 Å². The lowest BCUT2D eigenvalue weighted by atomic mass is 10.0. The molecule has 1 aliphatic rings. The Morgan fingerprint density at radius 2 is 1.95 bits per heavy atom. The van der Waals surface area contributed by atoms with Crippen LogP contribution in [0.4, 0.5) is 0 Å². The Balaban J connectivity index is 2.60. The minimum atomic E-state index is -0.419. The minimum absolute atomic E-state index is 0.00605. The van der Waals surface area contributed by atoms with Gasteiger partial charge in [-0.05, 0) is 18.1 Å². The fourth-order valence-corrected chi connectivity index (χ4v) is 2.14. The van der Waals surface area contributed by atoms with Crippen LogP contribution in [-0.4, -0.2) is 17.0 Å². The molecule has 0 saturated heterocycles. The van der Waals surface area contributed by atoms with Crippen LogP contribution in [0.2, 0.25) is 0 Å². The standard InChI is InChI=1S/C14H15N3O2/c1-10-9-13(17(18)19)11(2)16(15-3)14(10)12-7-5-4-6-8-12/h4-9,15H,2H2,1,3H3. The molecule has 0 unspecified atom stereocenters. The number of hydrogen-bond donors (Lipinski definition) is 1. The Bertz CT molecular complexity index is 588. The number of nitrogens with zero attached hydrogens (tertiary/aromatic N) is 2. The summed E-state index contributed by atoms with van der Waals surface area (Å²) >= 11 is 0. The van der Waals surface area contributed by atoms with Gasteiger partial charge in [-0.1, -0.05) is 36.9 Å². The van der Waals surface area contributed by atoms with Crippen molar-refractivity contribution in [3.05, 3.63) is 75.6 Å². The maximum atomic E-state index is 11.0. The summed E-state index contributed by atoms with van der Waals surface area (Å²) < 4.78 is 0. The highest BCUT2D eigenvalue weighted by molar-refractivity contribution is 5.73. The molecule has 0 radical (unpaired) electrons. The van der Waals surface area contributed by atoms with E-state index in [1.165, 1.54) is 0 Å². The van der Waals surface area contributed by atoms with Crippen molar-refractivity contribution in [2.75, 3.05) is 7.05 Å². The van der Waals surface area contributed by atoms with Gasteiger partial charge in [0.1, 0.15) is 5.70 Å². The van der Waals surface area contributed by atoms with Crippen molar-refractivity contribution in [2.45, 2.75) is 6.92 Å². The highest BCUT2D eigenvalue weighted by atomic mass is 16.6. The highest BCUT2D eigenvalue weighted by Gasteiger charge is 2.29. The second-order valence-corrected chi connectivity index (χ2v) is 4.19. The number of nitrogens with one attached hydrogen (secondary N) is 1. The molecular formula is C14H15N3O2. The molecule has 0 spiro atoms. The van der Waals surface area contributed by atoms with Crippen LogP contribution in [0, 0.1) is 10.1 Å². The predicted molar refractivity (Wildman–Crippen MR) is 74.2 cm³/mol. The van der Waals surface area contributed by atoms with E-state index in [0.29, 0.717) is 5.70 Å². The van der Waals surface area contributed by atoms with Gasteiger partial charge in [-0.3, -0.25) is 15.1 Å². The number of nitro groups is 1. The molecule has 0 fully saturated rings. The molecule has 0 atom stereocenters. The van der Waals surface area contributed by atoms with Crippen molar-refractivity contribution in [3.8, 4) is 0 Å². The first-order valence-corrected chi connectivity index (χ1v) is 5.85. The summed E-state index contributed by atoms with van der Waals surface area (Å²) in [7, 11) is 1.71. The molecule has 0 aromatic heterocycles. The van der Waals surface area contributed by atoms with Crippen LogP contribution in [0.15, 0.2) is 60.0 Å². The lowest BCUT2D eigenvalue weighted by molar-refractivity contribution is -0.422. The third-order valence-corrected chi connectivity index (χ3v) is 2.98. The van der Waals surface area contributed by atoms with Crippen LogP contribution in [-0.2, 0) is 0 Å². The van der Waals surface area contributed by atoms with E-state index >= 15 is 0 Å². The van der Waals surface area contributed by atoms with E-state index < -0.39 is 4.92 Å². The molecule has 1 aromatic rings. The average molecular weight is 257 g/mol. The van der Waals surface area contributed by atoms with Crippen molar-refractivity contribution in [2.24, 2.45) is 0 Å². The largest absolute Gasteiger partial charge is 0.294 e. The van der Waals surface area contributed by atoms with Gasteiger partial charge in [0, 0.05) is 13.1 Å². The SMILES string of the molecule is C=C1C([N+](=O)[O-])=CC(C)=C(c2ccccc2)N1NC. The van der Waals surface area contributed by atoms with Crippen molar-refractivity contribution in [1.29, 1.82) is 0 Å². The third-order valence-electron chi connectivity index (χ3n) is 2.98. The molecule has 0 amide bonds. The highest BCUT2D eigenvalue weighted by Crippen LogP contribution is 2.32. The first kappa shape index (κ1) is 13.0. The average Bonchev–Trinajstić information content (AvgIpc) is 2.41. The summed E-state index contributed by atoms with van der Waals surface area (Å²) in [5.41, 5.74) is 5.96. The molecule has 0 saturated carbocycles. The first-order valence-electron chi connectivity index (χ1n) is 5.85. The normalized spacial score (nSPS) is 15.6. The van der Waals surface area contributed by atoms with Crippen LogP contribution in [0.3, 0.4) is 0 Å². The fourth-order valence-electron chi connectivity index (χ4n) is 2.14. The van der Waals surface area contributed by atoms with Gasteiger partial charge in [-0.15, -0.1) is 0 Å². The van der Waals surface area contributed by atoms with Gasteiger partial charge in [-0.2, -0.15) is 0 Å². The molecule has 19 heavy (non-hydrogen) atoms. The molecule has 5 heteroatoms. The summed E-state index contributed by atoms with van der Waals surface area (Å²) in [4.78, 5) is 10.6. The Kier molecular flexibility index (Phi) is 3.48. The fraction of sp³-hybridized carbons (Fsp3) is 0.143. The summed E-state index contributed by atoms with van der Waals surface area (Å²) in [5, 5.41) is 12.7. The second kappa shape index (κ2) is 5.07. The van der Waals surface area contributed by atoms with E-state index in [1.54, 1.807) is 18.1 Å². The predicted octanol–water partition coefficient (Wildman–Crippen LogP) is 2.54. The van der Waals surface area contributed by atoms with E-state index in [1.807, 2.05) is 37.3 Å². The quantitative estimate of drug-likeness (QED) is 0.667. The van der Waals surface area contributed by atoms with Gasteiger partial charge >= 0.3 is 0 Å². The molecule has 1 N–H and O–H groups in total. The number of rotatable bonds is 3. The zero-order valence-electron chi connectivity index (χ0n) is 10.9. The lowest BCUT2D eigenvalue weighted by Crippen LogP contribution is -2.36. The van der Waals surface area contributed by atoms with Gasteiger partial charge in [0.2, 0.25) is 0 Å². The number of hydrazine groups is 1. The minimum Gasteiger partial charge on any atom is -0.270 e. The van der Waals surface area contributed by atoms with Crippen molar-refractivity contribution in [1.82, 2.24) is 10.4 Å². The third kappa shape index (κ3) is 2.28. The van der Waals surface area contributed by atoms with Gasteiger partial charge in [0.25, 0.3) is 5.70 Å². The van der Waals surface area contributed by atoms with E-state index in [4.69, 9.17) is 0 Å². The Morgan fingerprint density at radius 3 is 2.47 bits per heavy atom. The summed E-state index contributed by atoms with van der Waals surface area (Å²) in [6.07, 6.45) is 1.55. The summed E-state index contributed by atoms with van der Waals surface area (Å²) in [6, 6.07) is 9.71. The number of benzene rings is 1. The van der Waals surface area contributed by atoms with Crippen LogP contribution in [0.5, 0.6) is 0 Å². The number of allylic oxidation sites excluding steroid dienone is 2. The maximum Gasteiger partial charge on any atom is 0.294 e. The van der Waals surface area contributed by atoms with Gasteiger partial charge in [0.15, 0.2) is 0 Å². The van der Waals surface area contributed by atoms with Crippen LogP contribution in [0.25, 0.3) is 5.70 Å². The van der Waals surface area contributed by atoms with E-state index in [9.17, 15) is 10.1 Å². The Morgan fingerprint density at radius 1 is 1.32 bits per heavy atom. The van der Waals surface area contributed by atoms with Crippen molar-refractivity contribution >= 4 is 5.70 Å². The van der Waals surface area contributed by atoms with Crippen LogP contribution < -0.4 is 5.43 Å². The van der Waals surface area contributed by atoms with Crippen molar-refractivity contribution < 1.29 is 4.92 Å². The Labute approximate surface area is 111 Å². The lowest BCUT2D eigenvalue weighted by Gasteiger charge is -2.30.